The molecule has 1 atom stereocenters. The largest absolute Gasteiger partial charge is 0.462 e. The van der Waals surface area contributed by atoms with Gasteiger partial charge in [-0.3, -0.25) is 0 Å². The van der Waals surface area contributed by atoms with Gasteiger partial charge in [-0.25, -0.2) is 4.79 Å². The number of unbranched alkanes of at least 4 members (excludes halogenated alkanes) is 5. The standard InChI is InChI=1S/C24H40O2/c1-5-8-11-12-19-24(4,18-10-7-3)20-26-23(25)22-16-14-21(15-17-22)13-9-6-2/h14-17H,5-13,18-20H2,1-4H3. The van der Waals surface area contributed by atoms with E-state index in [1.54, 1.807) is 0 Å². The van der Waals surface area contributed by atoms with E-state index in [9.17, 15) is 4.79 Å². The molecule has 0 fully saturated rings. The zero-order valence-electron chi connectivity index (χ0n) is 17.6. The molecule has 0 aliphatic carbocycles. The van der Waals surface area contributed by atoms with Gasteiger partial charge in [0.25, 0.3) is 0 Å². The Morgan fingerprint density at radius 1 is 0.846 bits per heavy atom. The SMILES string of the molecule is CCCCCCC(C)(CCCC)COC(=O)c1ccc(CCCC)cc1. The number of rotatable bonds is 14. The van der Waals surface area contributed by atoms with Crippen molar-refractivity contribution >= 4 is 5.97 Å². The van der Waals surface area contributed by atoms with Crippen LogP contribution in [0.5, 0.6) is 0 Å². The Balaban J connectivity index is 2.55. The van der Waals surface area contributed by atoms with Gasteiger partial charge in [0.2, 0.25) is 0 Å². The maximum absolute atomic E-state index is 12.4. The zero-order chi connectivity index (χ0) is 19.3. The minimum Gasteiger partial charge on any atom is -0.462 e. The van der Waals surface area contributed by atoms with Crippen LogP contribution in [-0.2, 0) is 11.2 Å². The Morgan fingerprint density at radius 3 is 2.08 bits per heavy atom. The van der Waals surface area contributed by atoms with Crippen LogP contribution in [-0.4, -0.2) is 12.6 Å². The summed E-state index contributed by atoms with van der Waals surface area (Å²) in [6.45, 7) is 9.49. The summed E-state index contributed by atoms with van der Waals surface area (Å²) >= 11 is 0. The zero-order valence-corrected chi connectivity index (χ0v) is 17.6. The monoisotopic (exact) mass is 360 g/mol. The lowest BCUT2D eigenvalue weighted by atomic mass is 9.80. The minimum absolute atomic E-state index is 0.112. The van der Waals surface area contributed by atoms with E-state index in [0.717, 1.165) is 19.3 Å². The summed E-state index contributed by atoms with van der Waals surface area (Å²) in [7, 11) is 0. The molecular weight excluding hydrogens is 320 g/mol. The number of hydrogen-bond donors (Lipinski definition) is 0. The molecule has 0 aliphatic rings. The molecule has 148 valence electrons. The van der Waals surface area contributed by atoms with E-state index in [2.05, 4.69) is 39.8 Å². The second-order valence-electron chi connectivity index (χ2n) is 8.10. The molecule has 0 bridgehead atoms. The fourth-order valence-electron chi connectivity index (χ4n) is 3.36. The minimum atomic E-state index is -0.177. The Labute approximate surface area is 161 Å². The van der Waals surface area contributed by atoms with Crippen molar-refractivity contribution < 1.29 is 9.53 Å². The predicted octanol–water partition coefficient (Wildman–Crippen LogP) is 7.35. The van der Waals surface area contributed by atoms with Gasteiger partial charge in [0.1, 0.15) is 0 Å². The van der Waals surface area contributed by atoms with Crippen LogP contribution in [0.3, 0.4) is 0 Å². The second kappa shape index (κ2) is 12.9. The van der Waals surface area contributed by atoms with E-state index in [4.69, 9.17) is 4.74 Å². The van der Waals surface area contributed by atoms with Gasteiger partial charge >= 0.3 is 5.97 Å². The van der Waals surface area contributed by atoms with Gasteiger partial charge in [0, 0.05) is 5.41 Å². The van der Waals surface area contributed by atoms with E-state index in [0.29, 0.717) is 12.2 Å². The third kappa shape index (κ3) is 8.87. The van der Waals surface area contributed by atoms with E-state index >= 15 is 0 Å². The molecule has 0 spiro atoms. The highest BCUT2D eigenvalue weighted by atomic mass is 16.5. The Kier molecular flexibility index (Phi) is 11.3. The number of esters is 1. The van der Waals surface area contributed by atoms with Gasteiger partial charge in [-0.05, 0) is 43.4 Å². The van der Waals surface area contributed by atoms with Gasteiger partial charge in [0.05, 0.1) is 12.2 Å². The first-order valence-corrected chi connectivity index (χ1v) is 10.8. The molecular formula is C24H40O2. The van der Waals surface area contributed by atoms with Gasteiger partial charge in [-0.15, -0.1) is 0 Å². The molecule has 0 saturated carbocycles. The van der Waals surface area contributed by atoms with E-state index in [-0.39, 0.29) is 11.4 Å². The number of benzene rings is 1. The Bertz CT molecular complexity index is 491. The molecule has 0 saturated heterocycles. The average Bonchev–Trinajstić information content (AvgIpc) is 2.67. The molecule has 0 heterocycles. The third-order valence-corrected chi connectivity index (χ3v) is 5.33. The maximum Gasteiger partial charge on any atom is 0.338 e. The van der Waals surface area contributed by atoms with Crippen LogP contribution >= 0.6 is 0 Å². The Morgan fingerprint density at radius 2 is 1.46 bits per heavy atom. The van der Waals surface area contributed by atoms with Crippen LogP contribution in [0.1, 0.15) is 108 Å². The van der Waals surface area contributed by atoms with Crippen molar-refractivity contribution in [2.75, 3.05) is 6.61 Å². The number of ether oxygens (including phenoxy) is 1. The first-order valence-electron chi connectivity index (χ1n) is 10.8. The summed E-state index contributed by atoms with van der Waals surface area (Å²) in [6, 6.07) is 7.95. The lowest BCUT2D eigenvalue weighted by Gasteiger charge is -2.29. The summed E-state index contributed by atoms with van der Waals surface area (Å²) in [5.74, 6) is -0.177. The summed E-state index contributed by atoms with van der Waals surface area (Å²) < 4.78 is 5.73. The van der Waals surface area contributed by atoms with E-state index in [1.165, 1.54) is 56.9 Å². The van der Waals surface area contributed by atoms with Crippen LogP contribution in [0.25, 0.3) is 0 Å². The fourth-order valence-corrected chi connectivity index (χ4v) is 3.36. The Hall–Kier alpha value is -1.31. The molecule has 0 N–H and O–H groups in total. The van der Waals surface area contributed by atoms with Gasteiger partial charge in [-0.2, -0.15) is 0 Å². The lowest BCUT2D eigenvalue weighted by Crippen LogP contribution is -2.25. The quantitative estimate of drug-likeness (QED) is 0.256. The topological polar surface area (TPSA) is 26.3 Å². The molecule has 0 amide bonds. The van der Waals surface area contributed by atoms with Crippen LogP contribution in [0, 0.1) is 5.41 Å². The maximum atomic E-state index is 12.4. The van der Waals surface area contributed by atoms with Crippen LogP contribution in [0.4, 0.5) is 0 Å². The third-order valence-electron chi connectivity index (χ3n) is 5.33. The number of carbonyl (C=O) groups is 1. The highest BCUT2D eigenvalue weighted by Gasteiger charge is 2.25. The number of carbonyl (C=O) groups excluding carboxylic acids is 1. The van der Waals surface area contributed by atoms with Crippen molar-refractivity contribution in [1.82, 2.24) is 0 Å². The summed E-state index contributed by atoms with van der Waals surface area (Å²) in [5, 5.41) is 0. The van der Waals surface area contributed by atoms with Crippen molar-refractivity contribution in [3.05, 3.63) is 35.4 Å². The molecule has 26 heavy (non-hydrogen) atoms. The van der Waals surface area contributed by atoms with Gasteiger partial charge < -0.3 is 4.74 Å². The van der Waals surface area contributed by atoms with Gasteiger partial charge in [-0.1, -0.05) is 84.8 Å². The van der Waals surface area contributed by atoms with Gasteiger partial charge in [0.15, 0.2) is 0 Å². The molecule has 2 nitrogen and oxygen atoms in total. The molecule has 2 heteroatoms. The molecule has 0 aliphatic heterocycles. The molecule has 1 aromatic carbocycles. The van der Waals surface area contributed by atoms with Crippen LogP contribution in [0.2, 0.25) is 0 Å². The molecule has 0 aromatic heterocycles. The number of aryl methyl sites for hydroxylation is 1. The van der Waals surface area contributed by atoms with E-state index < -0.39 is 0 Å². The smallest absolute Gasteiger partial charge is 0.338 e. The van der Waals surface area contributed by atoms with Crippen molar-refractivity contribution in [2.45, 2.75) is 98.3 Å². The van der Waals surface area contributed by atoms with E-state index in [1.807, 2.05) is 12.1 Å². The second-order valence-corrected chi connectivity index (χ2v) is 8.10. The molecule has 1 aromatic rings. The first kappa shape index (κ1) is 22.7. The first-order chi connectivity index (χ1) is 12.5. The molecule has 1 rings (SSSR count). The summed E-state index contributed by atoms with van der Waals surface area (Å²) in [5.41, 5.74) is 2.08. The lowest BCUT2D eigenvalue weighted by molar-refractivity contribution is 0.0265. The van der Waals surface area contributed by atoms with Crippen LogP contribution < -0.4 is 0 Å². The molecule has 0 radical (unpaired) electrons. The van der Waals surface area contributed by atoms with Crippen molar-refractivity contribution in [1.29, 1.82) is 0 Å². The highest BCUT2D eigenvalue weighted by molar-refractivity contribution is 5.89. The van der Waals surface area contributed by atoms with Crippen molar-refractivity contribution in [3.8, 4) is 0 Å². The summed E-state index contributed by atoms with van der Waals surface area (Å²) in [4.78, 5) is 12.4. The van der Waals surface area contributed by atoms with Crippen molar-refractivity contribution in [2.24, 2.45) is 5.41 Å². The van der Waals surface area contributed by atoms with Crippen molar-refractivity contribution in [3.63, 3.8) is 0 Å². The predicted molar refractivity (Wildman–Crippen MR) is 112 cm³/mol. The highest BCUT2D eigenvalue weighted by Crippen LogP contribution is 2.31. The molecule has 1 unspecified atom stereocenters. The number of hydrogen-bond acceptors (Lipinski definition) is 2. The normalized spacial score (nSPS) is 13.4. The summed E-state index contributed by atoms with van der Waals surface area (Å²) in [6.07, 6.45) is 13.2. The fraction of sp³-hybridized carbons (Fsp3) is 0.708. The van der Waals surface area contributed by atoms with Crippen LogP contribution in [0.15, 0.2) is 24.3 Å². The average molecular weight is 361 g/mol.